The fourth-order valence-corrected chi connectivity index (χ4v) is 2.13. The van der Waals surface area contributed by atoms with Crippen molar-refractivity contribution in [3.05, 3.63) is 41.7 Å². The second-order valence-corrected chi connectivity index (χ2v) is 5.31. The van der Waals surface area contributed by atoms with E-state index in [1.807, 2.05) is 44.3 Å². The number of nitrogens with one attached hydrogen (secondary N) is 2. The van der Waals surface area contributed by atoms with E-state index in [4.69, 9.17) is 0 Å². The Labute approximate surface area is 130 Å². The number of nitrogens with zero attached hydrogens (tertiary/aromatic N) is 4. The zero-order valence-corrected chi connectivity index (χ0v) is 13.2. The van der Waals surface area contributed by atoms with Gasteiger partial charge in [-0.05, 0) is 36.9 Å². The minimum atomic E-state index is -0.457. The Kier molecular flexibility index (Phi) is 5.60. The van der Waals surface area contributed by atoms with Gasteiger partial charge in [0, 0.05) is 19.0 Å². The normalized spacial score (nSPS) is 13.6. The van der Waals surface area contributed by atoms with E-state index in [9.17, 15) is 4.79 Å². The second-order valence-electron chi connectivity index (χ2n) is 5.31. The van der Waals surface area contributed by atoms with Crippen LogP contribution in [0.15, 0.2) is 30.3 Å². The lowest BCUT2D eigenvalue weighted by molar-refractivity contribution is -0.124. The van der Waals surface area contributed by atoms with E-state index in [-0.39, 0.29) is 11.9 Å². The number of hydrogen-bond acceptors (Lipinski definition) is 5. The number of benzene rings is 1. The van der Waals surface area contributed by atoms with Crippen molar-refractivity contribution in [2.24, 2.45) is 0 Å². The first-order valence-electron chi connectivity index (χ1n) is 7.35. The van der Waals surface area contributed by atoms with Crippen molar-refractivity contribution >= 4 is 5.91 Å². The van der Waals surface area contributed by atoms with Crippen molar-refractivity contribution in [2.75, 3.05) is 13.6 Å². The third-order valence-corrected chi connectivity index (χ3v) is 3.60. The third-order valence-electron chi connectivity index (χ3n) is 3.60. The largest absolute Gasteiger partial charge is 0.353 e. The van der Waals surface area contributed by atoms with E-state index >= 15 is 0 Å². The van der Waals surface area contributed by atoms with Gasteiger partial charge in [-0.1, -0.05) is 30.3 Å². The Morgan fingerprint density at radius 3 is 2.64 bits per heavy atom. The molecule has 7 heteroatoms. The molecule has 2 unspecified atom stereocenters. The number of likely N-dealkylation sites (N-methyl/N-ethyl adjacent to an activating group) is 1. The molecular formula is C15H22N6O. The molecule has 1 aromatic heterocycles. The van der Waals surface area contributed by atoms with Gasteiger partial charge in [-0.25, -0.2) is 4.68 Å². The Balaban J connectivity index is 2.15. The summed E-state index contributed by atoms with van der Waals surface area (Å²) in [6.07, 6.45) is 0.548. The molecule has 118 valence electrons. The smallest absolute Gasteiger partial charge is 0.245 e. The van der Waals surface area contributed by atoms with Crippen molar-refractivity contribution in [2.45, 2.75) is 32.4 Å². The molecule has 2 aromatic rings. The standard InChI is InChI=1S/C15H22N6O/c1-11(16-3)10-17-15(22)14(21-12(2)18-19-20-21)9-13-7-5-4-6-8-13/h4-8,11,14,16H,9-10H2,1-3H3,(H,17,22). The molecule has 0 saturated carbocycles. The maximum absolute atomic E-state index is 12.6. The molecule has 0 radical (unpaired) electrons. The molecule has 7 nitrogen and oxygen atoms in total. The number of aromatic nitrogens is 4. The zero-order valence-electron chi connectivity index (χ0n) is 13.2. The summed E-state index contributed by atoms with van der Waals surface area (Å²) in [5, 5.41) is 17.5. The topological polar surface area (TPSA) is 84.7 Å². The van der Waals surface area contributed by atoms with E-state index in [0.717, 1.165) is 5.56 Å². The van der Waals surface area contributed by atoms with E-state index in [0.29, 0.717) is 18.8 Å². The van der Waals surface area contributed by atoms with Gasteiger partial charge in [0.05, 0.1) is 0 Å². The average molecular weight is 302 g/mol. The predicted octanol–water partition coefficient (Wildman–Crippen LogP) is 0.489. The van der Waals surface area contributed by atoms with Gasteiger partial charge in [-0.3, -0.25) is 4.79 Å². The fraction of sp³-hybridized carbons (Fsp3) is 0.467. The van der Waals surface area contributed by atoms with Gasteiger partial charge in [0.25, 0.3) is 0 Å². The van der Waals surface area contributed by atoms with Crippen LogP contribution in [-0.2, 0) is 11.2 Å². The van der Waals surface area contributed by atoms with Crippen molar-refractivity contribution in [1.29, 1.82) is 0 Å². The Bertz CT molecular complexity index is 597. The molecule has 1 amide bonds. The van der Waals surface area contributed by atoms with Crippen LogP contribution >= 0.6 is 0 Å². The van der Waals surface area contributed by atoms with Gasteiger partial charge in [-0.15, -0.1) is 5.10 Å². The van der Waals surface area contributed by atoms with Gasteiger partial charge < -0.3 is 10.6 Å². The highest BCUT2D eigenvalue weighted by atomic mass is 16.2. The van der Waals surface area contributed by atoms with Gasteiger partial charge in [-0.2, -0.15) is 0 Å². The molecule has 1 aromatic carbocycles. The maximum Gasteiger partial charge on any atom is 0.245 e. The van der Waals surface area contributed by atoms with Crippen LogP contribution in [0, 0.1) is 6.92 Å². The van der Waals surface area contributed by atoms with Gasteiger partial charge in [0.2, 0.25) is 5.91 Å². The van der Waals surface area contributed by atoms with E-state index in [1.165, 1.54) is 0 Å². The Morgan fingerprint density at radius 2 is 2.05 bits per heavy atom. The first kappa shape index (κ1) is 16.1. The van der Waals surface area contributed by atoms with E-state index in [2.05, 4.69) is 26.2 Å². The fourth-order valence-electron chi connectivity index (χ4n) is 2.13. The predicted molar refractivity (Wildman–Crippen MR) is 83.3 cm³/mol. The summed E-state index contributed by atoms with van der Waals surface area (Å²) >= 11 is 0. The summed E-state index contributed by atoms with van der Waals surface area (Å²) in [5.41, 5.74) is 1.07. The molecule has 0 saturated heterocycles. The number of aryl methyl sites for hydroxylation is 1. The lowest BCUT2D eigenvalue weighted by Crippen LogP contribution is -2.41. The van der Waals surface area contributed by atoms with Crippen LogP contribution in [0.25, 0.3) is 0 Å². The molecule has 2 N–H and O–H groups in total. The van der Waals surface area contributed by atoms with Crippen molar-refractivity contribution in [3.63, 3.8) is 0 Å². The molecule has 0 aliphatic carbocycles. The van der Waals surface area contributed by atoms with E-state index < -0.39 is 6.04 Å². The molecule has 0 fully saturated rings. The lowest BCUT2D eigenvalue weighted by atomic mass is 10.1. The summed E-state index contributed by atoms with van der Waals surface area (Å²) < 4.78 is 1.58. The van der Waals surface area contributed by atoms with Crippen LogP contribution in [0.1, 0.15) is 24.4 Å². The van der Waals surface area contributed by atoms with Gasteiger partial charge in [0.1, 0.15) is 11.9 Å². The summed E-state index contributed by atoms with van der Waals surface area (Å²) in [6.45, 7) is 4.36. The number of carbonyl (C=O) groups excluding carboxylic acids is 1. The number of hydrogen-bond donors (Lipinski definition) is 2. The molecule has 0 aliphatic heterocycles. The lowest BCUT2D eigenvalue weighted by Gasteiger charge is -2.19. The van der Waals surface area contributed by atoms with Crippen LogP contribution < -0.4 is 10.6 Å². The highest BCUT2D eigenvalue weighted by Crippen LogP contribution is 2.14. The van der Waals surface area contributed by atoms with Gasteiger partial charge in [0.15, 0.2) is 0 Å². The molecular weight excluding hydrogens is 280 g/mol. The molecule has 22 heavy (non-hydrogen) atoms. The van der Waals surface area contributed by atoms with Gasteiger partial charge >= 0.3 is 0 Å². The van der Waals surface area contributed by atoms with Crippen LogP contribution in [0.3, 0.4) is 0 Å². The zero-order chi connectivity index (χ0) is 15.9. The molecule has 1 heterocycles. The van der Waals surface area contributed by atoms with Crippen molar-refractivity contribution in [3.8, 4) is 0 Å². The Morgan fingerprint density at radius 1 is 1.32 bits per heavy atom. The highest BCUT2D eigenvalue weighted by Gasteiger charge is 2.24. The molecule has 0 aliphatic rings. The molecule has 0 bridgehead atoms. The van der Waals surface area contributed by atoms with Crippen LogP contribution in [0.2, 0.25) is 0 Å². The minimum absolute atomic E-state index is 0.0821. The molecule has 0 spiro atoms. The molecule has 2 rings (SSSR count). The number of carbonyl (C=O) groups is 1. The molecule has 2 atom stereocenters. The van der Waals surface area contributed by atoms with Crippen LogP contribution in [0.5, 0.6) is 0 Å². The highest BCUT2D eigenvalue weighted by molar-refractivity contribution is 5.80. The van der Waals surface area contributed by atoms with Crippen molar-refractivity contribution in [1.82, 2.24) is 30.8 Å². The number of amides is 1. The first-order valence-corrected chi connectivity index (χ1v) is 7.35. The summed E-state index contributed by atoms with van der Waals surface area (Å²) in [4.78, 5) is 12.6. The quantitative estimate of drug-likeness (QED) is 0.777. The number of rotatable bonds is 7. The van der Waals surface area contributed by atoms with Crippen LogP contribution in [0.4, 0.5) is 0 Å². The summed E-state index contributed by atoms with van der Waals surface area (Å²) in [7, 11) is 1.86. The van der Waals surface area contributed by atoms with E-state index in [1.54, 1.807) is 11.6 Å². The summed E-state index contributed by atoms with van der Waals surface area (Å²) in [5.74, 6) is 0.541. The van der Waals surface area contributed by atoms with Crippen LogP contribution in [-0.4, -0.2) is 45.7 Å². The first-order chi connectivity index (χ1) is 10.6. The monoisotopic (exact) mass is 302 g/mol. The Hall–Kier alpha value is -2.28. The third kappa shape index (κ3) is 4.11. The summed E-state index contributed by atoms with van der Waals surface area (Å²) in [6, 6.07) is 9.61. The SMILES string of the molecule is CNC(C)CNC(=O)C(Cc1ccccc1)n1nnnc1C. The number of tetrazole rings is 1. The maximum atomic E-state index is 12.6. The van der Waals surface area contributed by atoms with Crippen molar-refractivity contribution < 1.29 is 4.79 Å². The minimum Gasteiger partial charge on any atom is -0.353 e. The second kappa shape index (κ2) is 7.65. The average Bonchev–Trinajstić information content (AvgIpc) is 2.96.